The molecule has 5 heteroatoms. The van der Waals surface area contributed by atoms with Crippen molar-refractivity contribution in [1.82, 2.24) is 4.90 Å². The molecule has 0 spiro atoms. The molecule has 5 nitrogen and oxygen atoms in total. The lowest BCUT2D eigenvalue weighted by atomic mass is 9.98. The van der Waals surface area contributed by atoms with E-state index in [1.54, 1.807) is 14.0 Å². The summed E-state index contributed by atoms with van der Waals surface area (Å²) in [5.74, 6) is -1.21. The number of urea groups is 1. The summed E-state index contributed by atoms with van der Waals surface area (Å²) in [6.07, 6.45) is 0. The summed E-state index contributed by atoms with van der Waals surface area (Å²) in [6, 6.07) is 5.62. The number of rotatable bonds is 5. The molecule has 0 bridgehead atoms. The number of aryl methyl sites for hydroxylation is 1. The van der Waals surface area contributed by atoms with E-state index in [-0.39, 0.29) is 12.6 Å². The first kappa shape index (κ1) is 17.0. The van der Waals surface area contributed by atoms with Crippen LogP contribution in [-0.4, -0.2) is 35.6 Å². The second-order valence-corrected chi connectivity index (χ2v) is 5.74. The van der Waals surface area contributed by atoms with E-state index in [0.717, 1.165) is 16.8 Å². The Morgan fingerprint density at radius 2 is 1.90 bits per heavy atom. The van der Waals surface area contributed by atoms with Crippen LogP contribution in [0.15, 0.2) is 18.2 Å². The van der Waals surface area contributed by atoms with Crippen molar-refractivity contribution in [3.05, 3.63) is 29.3 Å². The molecular formula is C16H24N2O3. The zero-order valence-corrected chi connectivity index (χ0v) is 13.3. The Hall–Kier alpha value is -2.04. The number of benzene rings is 1. The number of para-hydroxylation sites is 1. The maximum absolute atomic E-state index is 12.2. The van der Waals surface area contributed by atoms with Gasteiger partial charge in [-0.15, -0.1) is 0 Å². The minimum absolute atomic E-state index is 0.171. The van der Waals surface area contributed by atoms with Gasteiger partial charge in [0.05, 0.1) is 5.92 Å². The van der Waals surface area contributed by atoms with Gasteiger partial charge >= 0.3 is 12.0 Å². The number of hydrogen-bond donors (Lipinski definition) is 2. The van der Waals surface area contributed by atoms with E-state index >= 15 is 0 Å². The quantitative estimate of drug-likeness (QED) is 0.874. The molecule has 1 aromatic rings. The topological polar surface area (TPSA) is 69.6 Å². The lowest BCUT2D eigenvalue weighted by molar-refractivity contribution is -0.141. The standard InChI is InChI=1S/C16H24N2O3/c1-10(2)13-8-6-7-11(3)14(13)17-16(21)18(5)9-12(4)15(19)20/h6-8,10,12H,9H2,1-5H3,(H,17,21)(H,19,20). The molecule has 2 amide bonds. The highest BCUT2D eigenvalue weighted by atomic mass is 16.4. The van der Waals surface area contributed by atoms with Gasteiger partial charge in [0.25, 0.3) is 0 Å². The highest BCUT2D eigenvalue weighted by Gasteiger charge is 2.19. The molecule has 1 atom stereocenters. The third-order valence-electron chi connectivity index (χ3n) is 3.47. The number of carbonyl (C=O) groups excluding carboxylic acids is 1. The minimum Gasteiger partial charge on any atom is -0.481 e. The first-order valence-electron chi connectivity index (χ1n) is 7.08. The predicted octanol–water partition coefficient (Wildman–Crippen LogP) is 3.30. The highest BCUT2D eigenvalue weighted by Crippen LogP contribution is 2.27. The number of aliphatic carboxylic acids is 1. The van der Waals surface area contributed by atoms with E-state index in [4.69, 9.17) is 5.11 Å². The molecule has 0 saturated heterocycles. The van der Waals surface area contributed by atoms with Crippen molar-refractivity contribution in [3.63, 3.8) is 0 Å². The van der Waals surface area contributed by atoms with Gasteiger partial charge in [0.15, 0.2) is 0 Å². The molecule has 0 heterocycles. The first-order valence-corrected chi connectivity index (χ1v) is 7.08. The van der Waals surface area contributed by atoms with Gasteiger partial charge in [0.1, 0.15) is 0 Å². The fourth-order valence-electron chi connectivity index (χ4n) is 2.12. The minimum atomic E-state index is -0.909. The number of carbonyl (C=O) groups is 2. The smallest absolute Gasteiger partial charge is 0.321 e. The summed E-state index contributed by atoms with van der Waals surface area (Å²) in [5, 5.41) is 11.8. The van der Waals surface area contributed by atoms with Crippen LogP contribution in [-0.2, 0) is 4.79 Å². The number of nitrogens with one attached hydrogen (secondary N) is 1. The molecule has 0 aliphatic rings. The van der Waals surface area contributed by atoms with Gasteiger partial charge in [0, 0.05) is 19.3 Å². The predicted molar refractivity (Wildman–Crippen MR) is 83.7 cm³/mol. The van der Waals surface area contributed by atoms with Crippen LogP contribution in [0.5, 0.6) is 0 Å². The van der Waals surface area contributed by atoms with Crippen molar-refractivity contribution in [2.45, 2.75) is 33.6 Å². The average Bonchev–Trinajstić information content (AvgIpc) is 2.40. The Morgan fingerprint density at radius 1 is 1.29 bits per heavy atom. The lowest BCUT2D eigenvalue weighted by Crippen LogP contribution is -2.37. The van der Waals surface area contributed by atoms with Crippen LogP contribution in [0, 0.1) is 12.8 Å². The van der Waals surface area contributed by atoms with Gasteiger partial charge < -0.3 is 15.3 Å². The van der Waals surface area contributed by atoms with Gasteiger partial charge in [-0.25, -0.2) is 4.79 Å². The monoisotopic (exact) mass is 292 g/mol. The van der Waals surface area contributed by atoms with E-state index < -0.39 is 11.9 Å². The molecule has 1 aromatic carbocycles. The molecule has 0 aliphatic heterocycles. The first-order chi connectivity index (χ1) is 9.73. The highest BCUT2D eigenvalue weighted by molar-refractivity contribution is 5.91. The van der Waals surface area contributed by atoms with E-state index in [1.807, 2.05) is 25.1 Å². The van der Waals surface area contributed by atoms with Crippen LogP contribution >= 0.6 is 0 Å². The second-order valence-electron chi connectivity index (χ2n) is 5.74. The summed E-state index contributed by atoms with van der Waals surface area (Å²) < 4.78 is 0. The summed E-state index contributed by atoms with van der Waals surface area (Å²) in [4.78, 5) is 24.5. The normalized spacial score (nSPS) is 12.1. The fraction of sp³-hybridized carbons (Fsp3) is 0.500. The van der Waals surface area contributed by atoms with E-state index in [0.29, 0.717) is 5.92 Å². The fourth-order valence-corrected chi connectivity index (χ4v) is 2.12. The molecule has 0 radical (unpaired) electrons. The Kier molecular flexibility index (Phi) is 5.76. The molecule has 0 aromatic heterocycles. The van der Waals surface area contributed by atoms with Crippen molar-refractivity contribution >= 4 is 17.7 Å². The van der Waals surface area contributed by atoms with Crippen molar-refractivity contribution in [3.8, 4) is 0 Å². The Bertz CT molecular complexity index is 526. The summed E-state index contributed by atoms with van der Waals surface area (Å²) in [7, 11) is 1.60. The van der Waals surface area contributed by atoms with Crippen LogP contribution in [0.25, 0.3) is 0 Å². The third kappa shape index (κ3) is 4.48. The number of amides is 2. The SMILES string of the molecule is Cc1cccc(C(C)C)c1NC(=O)N(C)CC(C)C(=O)O. The molecule has 21 heavy (non-hydrogen) atoms. The van der Waals surface area contributed by atoms with Gasteiger partial charge in [0.2, 0.25) is 0 Å². The number of nitrogens with zero attached hydrogens (tertiary/aromatic N) is 1. The summed E-state index contributed by atoms with van der Waals surface area (Å²) in [5.41, 5.74) is 2.88. The molecule has 2 N–H and O–H groups in total. The number of anilines is 1. The van der Waals surface area contributed by atoms with Crippen LogP contribution in [0.3, 0.4) is 0 Å². The number of hydrogen-bond acceptors (Lipinski definition) is 2. The average molecular weight is 292 g/mol. The molecule has 0 fully saturated rings. The zero-order valence-electron chi connectivity index (χ0n) is 13.3. The van der Waals surface area contributed by atoms with Crippen LogP contribution < -0.4 is 5.32 Å². The Labute approximate surface area is 126 Å². The molecule has 116 valence electrons. The van der Waals surface area contributed by atoms with E-state index in [1.165, 1.54) is 4.90 Å². The molecule has 0 aliphatic carbocycles. The van der Waals surface area contributed by atoms with Crippen LogP contribution in [0.1, 0.15) is 37.8 Å². The number of carboxylic acids is 1. The molecule has 1 rings (SSSR count). The van der Waals surface area contributed by atoms with E-state index in [2.05, 4.69) is 19.2 Å². The molecule has 0 saturated carbocycles. The van der Waals surface area contributed by atoms with E-state index in [9.17, 15) is 9.59 Å². The Balaban J connectivity index is 2.86. The van der Waals surface area contributed by atoms with Gasteiger partial charge in [-0.3, -0.25) is 4.79 Å². The Morgan fingerprint density at radius 3 is 2.43 bits per heavy atom. The summed E-state index contributed by atoms with van der Waals surface area (Å²) in [6.45, 7) is 7.84. The van der Waals surface area contributed by atoms with Crippen molar-refractivity contribution < 1.29 is 14.7 Å². The maximum atomic E-state index is 12.2. The summed E-state index contributed by atoms with van der Waals surface area (Å²) >= 11 is 0. The third-order valence-corrected chi connectivity index (χ3v) is 3.47. The van der Waals surface area contributed by atoms with Gasteiger partial charge in [-0.05, 0) is 24.0 Å². The molecule has 1 unspecified atom stereocenters. The van der Waals surface area contributed by atoms with Crippen LogP contribution in [0.2, 0.25) is 0 Å². The maximum Gasteiger partial charge on any atom is 0.321 e. The van der Waals surface area contributed by atoms with Crippen molar-refractivity contribution in [1.29, 1.82) is 0 Å². The van der Waals surface area contributed by atoms with Crippen molar-refractivity contribution in [2.24, 2.45) is 5.92 Å². The number of carboxylic acid groups (broad SMARTS) is 1. The largest absolute Gasteiger partial charge is 0.481 e. The molecular weight excluding hydrogens is 268 g/mol. The van der Waals surface area contributed by atoms with Crippen molar-refractivity contribution in [2.75, 3.05) is 18.9 Å². The lowest BCUT2D eigenvalue weighted by Gasteiger charge is -2.22. The zero-order chi connectivity index (χ0) is 16.2. The van der Waals surface area contributed by atoms with Gasteiger partial charge in [-0.2, -0.15) is 0 Å². The van der Waals surface area contributed by atoms with Gasteiger partial charge in [-0.1, -0.05) is 39.0 Å². The second kappa shape index (κ2) is 7.11. The van der Waals surface area contributed by atoms with Crippen LogP contribution in [0.4, 0.5) is 10.5 Å².